The predicted molar refractivity (Wildman–Crippen MR) is 76.0 cm³/mol. The Hall–Kier alpha value is -1.95. The Morgan fingerprint density at radius 3 is 2.75 bits per heavy atom. The zero-order chi connectivity index (χ0) is 14.8. The minimum atomic E-state index is -0.460. The first-order chi connectivity index (χ1) is 9.35. The van der Waals surface area contributed by atoms with Crippen LogP contribution in [0.3, 0.4) is 0 Å². The summed E-state index contributed by atoms with van der Waals surface area (Å²) in [6, 6.07) is 7.73. The van der Waals surface area contributed by atoms with Crippen molar-refractivity contribution in [3.63, 3.8) is 0 Å². The van der Waals surface area contributed by atoms with E-state index in [1.807, 2.05) is 57.0 Å². The molecule has 108 valence electrons. The number of para-hydroxylation sites is 1. The molecule has 0 unspecified atom stereocenters. The molecule has 6 heteroatoms. The molecule has 0 fully saturated rings. The first-order valence-corrected chi connectivity index (χ1v) is 6.54. The van der Waals surface area contributed by atoms with E-state index in [4.69, 9.17) is 4.74 Å². The SMILES string of the molecule is CN(CC(=O)OC(C)(C)C)Cn1nnc2ccccc21. The van der Waals surface area contributed by atoms with Gasteiger partial charge < -0.3 is 4.74 Å². The Morgan fingerprint density at radius 2 is 2.05 bits per heavy atom. The molecule has 0 aliphatic rings. The van der Waals surface area contributed by atoms with Gasteiger partial charge in [0.15, 0.2) is 0 Å². The monoisotopic (exact) mass is 276 g/mol. The maximum atomic E-state index is 11.8. The van der Waals surface area contributed by atoms with E-state index in [0.717, 1.165) is 11.0 Å². The number of rotatable bonds is 4. The Bertz CT molecular complexity index is 600. The number of ether oxygens (including phenoxy) is 1. The highest BCUT2D eigenvalue weighted by Gasteiger charge is 2.18. The van der Waals surface area contributed by atoms with Gasteiger partial charge in [-0.25, -0.2) is 4.68 Å². The summed E-state index contributed by atoms with van der Waals surface area (Å²) in [7, 11) is 1.85. The molecule has 0 spiro atoms. The molecular formula is C14H20N4O2. The molecule has 0 saturated heterocycles. The van der Waals surface area contributed by atoms with Crippen LogP contribution in [0.15, 0.2) is 24.3 Å². The van der Waals surface area contributed by atoms with Crippen molar-refractivity contribution in [2.75, 3.05) is 13.6 Å². The Kier molecular flexibility index (Phi) is 4.04. The largest absolute Gasteiger partial charge is 0.459 e. The maximum absolute atomic E-state index is 11.8. The van der Waals surface area contributed by atoms with Crippen molar-refractivity contribution in [3.05, 3.63) is 24.3 Å². The highest BCUT2D eigenvalue weighted by molar-refractivity contribution is 5.74. The number of nitrogens with zero attached hydrogens (tertiary/aromatic N) is 4. The molecule has 0 aliphatic heterocycles. The van der Waals surface area contributed by atoms with Crippen LogP contribution >= 0.6 is 0 Å². The number of esters is 1. The lowest BCUT2D eigenvalue weighted by Gasteiger charge is -2.22. The van der Waals surface area contributed by atoms with Gasteiger partial charge in [-0.05, 0) is 40.0 Å². The Balaban J connectivity index is 1.98. The van der Waals surface area contributed by atoms with Crippen LogP contribution in [0, 0.1) is 0 Å². The number of likely N-dealkylation sites (N-methyl/N-ethyl adjacent to an activating group) is 1. The maximum Gasteiger partial charge on any atom is 0.320 e. The summed E-state index contributed by atoms with van der Waals surface area (Å²) in [5.74, 6) is -0.246. The third kappa shape index (κ3) is 3.77. The van der Waals surface area contributed by atoms with E-state index in [-0.39, 0.29) is 12.5 Å². The molecule has 0 amide bonds. The van der Waals surface area contributed by atoms with Crippen molar-refractivity contribution in [1.82, 2.24) is 19.9 Å². The van der Waals surface area contributed by atoms with E-state index >= 15 is 0 Å². The van der Waals surface area contributed by atoms with E-state index in [2.05, 4.69) is 10.3 Å². The first kappa shape index (κ1) is 14.5. The summed E-state index contributed by atoms with van der Waals surface area (Å²) >= 11 is 0. The van der Waals surface area contributed by atoms with Crippen LogP contribution in [0.4, 0.5) is 0 Å². The number of aromatic nitrogens is 3. The predicted octanol–water partition coefficient (Wildman–Crippen LogP) is 1.66. The molecule has 1 aromatic carbocycles. The van der Waals surface area contributed by atoms with Gasteiger partial charge in [-0.2, -0.15) is 0 Å². The lowest BCUT2D eigenvalue weighted by molar-refractivity contribution is -0.156. The second-order valence-electron chi connectivity index (χ2n) is 5.82. The molecule has 6 nitrogen and oxygen atoms in total. The van der Waals surface area contributed by atoms with E-state index in [1.165, 1.54) is 0 Å². The summed E-state index contributed by atoms with van der Waals surface area (Å²) in [6.45, 7) is 6.27. The molecule has 2 aromatic rings. The molecule has 0 N–H and O–H groups in total. The highest BCUT2D eigenvalue weighted by Crippen LogP contribution is 2.10. The van der Waals surface area contributed by atoms with Crippen molar-refractivity contribution < 1.29 is 9.53 Å². The van der Waals surface area contributed by atoms with E-state index in [1.54, 1.807) is 4.68 Å². The van der Waals surface area contributed by atoms with E-state index in [9.17, 15) is 4.79 Å². The summed E-state index contributed by atoms with van der Waals surface area (Å²) in [5.41, 5.74) is 1.33. The second kappa shape index (κ2) is 5.58. The van der Waals surface area contributed by atoms with Crippen LogP contribution in [0.1, 0.15) is 20.8 Å². The van der Waals surface area contributed by atoms with Gasteiger partial charge in [-0.1, -0.05) is 17.3 Å². The summed E-state index contributed by atoms with van der Waals surface area (Å²) < 4.78 is 7.05. The fourth-order valence-electron chi connectivity index (χ4n) is 1.89. The molecule has 0 radical (unpaired) electrons. The smallest absolute Gasteiger partial charge is 0.320 e. The van der Waals surface area contributed by atoms with Gasteiger partial charge in [-0.15, -0.1) is 5.10 Å². The number of carbonyl (C=O) groups is 1. The molecule has 20 heavy (non-hydrogen) atoms. The molecule has 0 atom stereocenters. The van der Waals surface area contributed by atoms with Crippen LogP contribution in [0.2, 0.25) is 0 Å². The van der Waals surface area contributed by atoms with Gasteiger partial charge in [0.1, 0.15) is 11.1 Å². The molecule has 0 aliphatic carbocycles. The van der Waals surface area contributed by atoms with Crippen molar-refractivity contribution in [2.45, 2.75) is 33.0 Å². The zero-order valence-corrected chi connectivity index (χ0v) is 12.3. The third-order valence-corrected chi connectivity index (χ3v) is 2.61. The van der Waals surface area contributed by atoms with Crippen LogP contribution in [-0.4, -0.2) is 45.1 Å². The Morgan fingerprint density at radius 1 is 1.35 bits per heavy atom. The number of benzene rings is 1. The van der Waals surface area contributed by atoms with Crippen molar-refractivity contribution in [1.29, 1.82) is 0 Å². The normalized spacial score (nSPS) is 12.1. The lowest BCUT2D eigenvalue weighted by Crippen LogP contribution is -2.34. The quantitative estimate of drug-likeness (QED) is 0.795. The lowest BCUT2D eigenvalue weighted by atomic mass is 10.2. The number of hydrogen-bond acceptors (Lipinski definition) is 5. The fraction of sp³-hybridized carbons (Fsp3) is 0.500. The Labute approximate surface area is 118 Å². The summed E-state index contributed by atoms with van der Waals surface area (Å²) in [6.07, 6.45) is 0. The third-order valence-electron chi connectivity index (χ3n) is 2.61. The van der Waals surface area contributed by atoms with Crippen LogP contribution in [0.25, 0.3) is 11.0 Å². The van der Waals surface area contributed by atoms with Gasteiger partial charge in [0.05, 0.1) is 18.7 Å². The van der Waals surface area contributed by atoms with Gasteiger partial charge in [-0.3, -0.25) is 9.69 Å². The molecule has 0 bridgehead atoms. The minimum absolute atomic E-state index is 0.214. The van der Waals surface area contributed by atoms with Gasteiger partial charge >= 0.3 is 5.97 Å². The van der Waals surface area contributed by atoms with Crippen LogP contribution < -0.4 is 0 Å². The summed E-state index contributed by atoms with van der Waals surface area (Å²) in [4.78, 5) is 13.6. The van der Waals surface area contributed by atoms with E-state index < -0.39 is 5.60 Å². The van der Waals surface area contributed by atoms with E-state index in [0.29, 0.717) is 6.67 Å². The topological polar surface area (TPSA) is 60.2 Å². The molecule has 1 aromatic heterocycles. The minimum Gasteiger partial charge on any atom is -0.459 e. The zero-order valence-electron chi connectivity index (χ0n) is 12.3. The van der Waals surface area contributed by atoms with Crippen molar-refractivity contribution in [2.24, 2.45) is 0 Å². The standard InChI is InChI=1S/C14H20N4O2/c1-14(2,3)20-13(19)9-17(4)10-18-12-8-6-5-7-11(12)15-16-18/h5-8H,9-10H2,1-4H3. The molecule has 2 rings (SSSR count). The first-order valence-electron chi connectivity index (χ1n) is 6.54. The van der Waals surface area contributed by atoms with Gasteiger partial charge in [0.25, 0.3) is 0 Å². The average molecular weight is 276 g/mol. The van der Waals surface area contributed by atoms with Crippen LogP contribution in [0.5, 0.6) is 0 Å². The van der Waals surface area contributed by atoms with Crippen LogP contribution in [-0.2, 0) is 16.2 Å². The number of carbonyl (C=O) groups excluding carboxylic acids is 1. The molecule has 1 heterocycles. The fourth-order valence-corrected chi connectivity index (χ4v) is 1.89. The summed E-state index contributed by atoms with van der Waals surface area (Å²) in [5, 5.41) is 8.17. The second-order valence-corrected chi connectivity index (χ2v) is 5.82. The van der Waals surface area contributed by atoms with Gasteiger partial charge in [0.2, 0.25) is 0 Å². The average Bonchev–Trinajstić information content (AvgIpc) is 2.70. The highest BCUT2D eigenvalue weighted by atomic mass is 16.6. The van der Waals surface area contributed by atoms with Gasteiger partial charge in [0, 0.05) is 0 Å². The number of fused-ring (bicyclic) bond motifs is 1. The van der Waals surface area contributed by atoms with Crippen molar-refractivity contribution in [3.8, 4) is 0 Å². The van der Waals surface area contributed by atoms with Crippen molar-refractivity contribution >= 4 is 17.0 Å². The molecular weight excluding hydrogens is 256 g/mol. The number of hydrogen-bond donors (Lipinski definition) is 0. The molecule has 0 saturated carbocycles.